The van der Waals surface area contributed by atoms with Crippen LogP contribution in [0.2, 0.25) is 15.1 Å². The van der Waals surface area contributed by atoms with Gasteiger partial charge in [-0.1, -0.05) is 40.9 Å². The van der Waals surface area contributed by atoms with Crippen LogP contribution in [0.3, 0.4) is 0 Å². The van der Waals surface area contributed by atoms with Crippen LogP contribution in [0.25, 0.3) is 0 Å². The number of rotatable bonds is 3. The standard InChI is InChI=1S/C20H19Cl3N2O2/c1-12-2-4-15(11-17(12)22)24-19(26)13-6-8-25(9-7-13)20(27)16-5-3-14(21)10-18(16)23/h2-5,10-11,13H,6-9H2,1H3,(H,24,26). The summed E-state index contributed by atoms with van der Waals surface area (Å²) >= 11 is 18.1. The van der Waals surface area contributed by atoms with Crippen molar-refractivity contribution in [3.63, 3.8) is 0 Å². The molecule has 1 saturated heterocycles. The summed E-state index contributed by atoms with van der Waals surface area (Å²) in [5.41, 5.74) is 2.07. The predicted molar refractivity (Wildman–Crippen MR) is 110 cm³/mol. The van der Waals surface area contributed by atoms with Gasteiger partial charge in [-0.05, 0) is 55.7 Å². The SMILES string of the molecule is Cc1ccc(NC(=O)C2CCN(C(=O)c3ccc(Cl)cc3Cl)CC2)cc1Cl. The number of hydrogen-bond donors (Lipinski definition) is 1. The van der Waals surface area contributed by atoms with Gasteiger partial charge in [0.15, 0.2) is 0 Å². The van der Waals surface area contributed by atoms with E-state index in [4.69, 9.17) is 34.8 Å². The molecule has 142 valence electrons. The Hall–Kier alpha value is -1.75. The van der Waals surface area contributed by atoms with Gasteiger partial charge in [-0.3, -0.25) is 9.59 Å². The highest BCUT2D eigenvalue weighted by Gasteiger charge is 2.28. The molecule has 0 radical (unpaired) electrons. The van der Waals surface area contributed by atoms with Crippen LogP contribution < -0.4 is 5.32 Å². The monoisotopic (exact) mass is 424 g/mol. The number of carbonyl (C=O) groups is 2. The number of piperidine rings is 1. The van der Waals surface area contributed by atoms with E-state index in [1.54, 1.807) is 29.2 Å². The highest BCUT2D eigenvalue weighted by molar-refractivity contribution is 6.36. The fraction of sp³-hybridized carbons (Fsp3) is 0.300. The third kappa shape index (κ3) is 4.75. The van der Waals surface area contributed by atoms with Crippen molar-refractivity contribution >= 4 is 52.3 Å². The second-order valence-corrected chi connectivity index (χ2v) is 7.89. The van der Waals surface area contributed by atoms with Crippen molar-refractivity contribution in [1.29, 1.82) is 0 Å². The van der Waals surface area contributed by atoms with Crippen LogP contribution in [0, 0.1) is 12.8 Å². The molecule has 0 unspecified atom stereocenters. The van der Waals surface area contributed by atoms with E-state index in [9.17, 15) is 9.59 Å². The largest absolute Gasteiger partial charge is 0.339 e. The van der Waals surface area contributed by atoms with Gasteiger partial charge in [0.2, 0.25) is 5.91 Å². The summed E-state index contributed by atoms with van der Waals surface area (Å²) in [6, 6.07) is 10.3. The number of nitrogens with zero attached hydrogens (tertiary/aromatic N) is 1. The summed E-state index contributed by atoms with van der Waals surface area (Å²) in [7, 11) is 0. The molecule has 27 heavy (non-hydrogen) atoms. The maximum atomic E-state index is 12.7. The number of likely N-dealkylation sites (tertiary alicyclic amines) is 1. The van der Waals surface area contributed by atoms with Gasteiger partial charge in [-0.2, -0.15) is 0 Å². The Morgan fingerprint density at radius 1 is 1.00 bits per heavy atom. The molecule has 0 atom stereocenters. The highest BCUT2D eigenvalue weighted by Crippen LogP contribution is 2.26. The summed E-state index contributed by atoms with van der Waals surface area (Å²) in [5, 5.41) is 4.35. The average Bonchev–Trinajstić information content (AvgIpc) is 2.64. The second kappa shape index (κ2) is 8.51. The average molecular weight is 426 g/mol. The number of nitrogens with one attached hydrogen (secondary N) is 1. The van der Waals surface area contributed by atoms with Gasteiger partial charge in [-0.25, -0.2) is 0 Å². The first kappa shape index (κ1) is 20.0. The molecule has 0 aliphatic carbocycles. The van der Waals surface area contributed by atoms with Crippen LogP contribution >= 0.6 is 34.8 Å². The zero-order chi connectivity index (χ0) is 19.6. The van der Waals surface area contributed by atoms with Gasteiger partial charge in [0.25, 0.3) is 5.91 Å². The molecule has 0 saturated carbocycles. The van der Waals surface area contributed by atoms with Gasteiger partial charge < -0.3 is 10.2 Å². The van der Waals surface area contributed by atoms with E-state index in [0.717, 1.165) is 5.56 Å². The van der Waals surface area contributed by atoms with Crippen molar-refractivity contribution in [1.82, 2.24) is 4.90 Å². The molecule has 2 aromatic carbocycles. The molecule has 1 fully saturated rings. The smallest absolute Gasteiger partial charge is 0.255 e. The lowest BCUT2D eigenvalue weighted by atomic mass is 9.95. The predicted octanol–water partition coefficient (Wildman–Crippen LogP) is 5.45. The van der Waals surface area contributed by atoms with Crippen LogP contribution in [0.15, 0.2) is 36.4 Å². The van der Waals surface area contributed by atoms with E-state index in [2.05, 4.69) is 5.32 Å². The summed E-state index contributed by atoms with van der Waals surface area (Å²) < 4.78 is 0. The van der Waals surface area contributed by atoms with Crippen LogP contribution in [0.4, 0.5) is 5.69 Å². The van der Waals surface area contributed by atoms with Crippen molar-refractivity contribution in [2.24, 2.45) is 5.92 Å². The van der Waals surface area contributed by atoms with E-state index in [-0.39, 0.29) is 17.7 Å². The Balaban J connectivity index is 1.58. The number of hydrogen-bond acceptors (Lipinski definition) is 2. The van der Waals surface area contributed by atoms with Crippen molar-refractivity contribution in [3.8, 4) is 0 Å². The van der Waals surface area contributed by atoms with Gasteiger partial charge in [0.1, 0.15) is 0 Å². The quantitative estimate of drug-likeness (QED) is 0.711. The first-order valence-corrected chi connectivity index (χ1v) is 9.80. The molecular weight excluding hydrogens is 407 g/mol. The molecule has 1 heterocycles. The zero-order valence-corrected chi connectivity index (χ0v) is 17.0. The van der Waals surface area contributed by atoms with E-state index >= 15 is 0 Å². The van der Waals surface area contributed by atoms with Crippen LogP contribution in [-0.4, -0.2) is 29.8 Å². The van der Waals surface area contributed by atoms with Crippen LogP contribution in [0.5, 0.6) is 0 Å². The minimum atomic E-state index is -0.144. The van der Waals surface area contributed by atoms with E-state index < -0.39 is 0 Å². The first-order valence-electron chi connectivity index (χ1n) is 8.66. The molecule has 1 aliphatic rings. The zero-order valence-electron chi connectivity index (χ0n) is 14.8. The molecule has 1 N–H and O–H groups in total. The molecule has 3 rings (SSSR count). The molecule has 0 bridgehead atoms. The molecule has 4 nitrogen and oxygen atoms in total. The molecule has 2 amide bonds. The fourth-order valence-electron chi connectivity index (χ4n) is 3.09. The molecule has 7 heteroatoms. The first-order chi connectivity index (χ1) is 12.8. The highest BCUT2D eigenvalue weighted by atomic mass is 35.5. The normalized spacial score (nSPS) is 14.9. The number of carbonyl (C=O) groups excluding carboxylic acids is 2. The molecule has 0 spiro atoms. The minimum absolute atomic E-state index is 0.0495. The summed E-state index contributed by atoms with van der Waals surface area (Å²) in [6.07, 6.45) is 1.20. The van der Waals surface area contributed by atoms with E-state index in [1.807, 2.05) is 19.1 Å². The number of halogens is 3. The molecule has 2 aromatic rings. The van der Waals surface area contributed by atoms with Crippen LogP contribution in [-0.2, 0) is 4.79 Å². The maximum Gasteiger partial charge on any atom is 0.255 e. The van der Waals surface area contributed by atoms with Gasteiger partial charge in [-0.15, -0.1) is 0 Å². The van der Waals surface area contributed by atoms with Crippen molar-refractivity contribution in [2.75, 3.05) is 18.4 Å². The fourth-order valence-corrected chi connectivity index (χ4v) is 3.76. The Bertz CT molecular complexity index is 878. The summed E-state index contributed by atoms with van der Waals surface area (Å²) in [6.45, 7) is 2.92. The minimum Gasteiger partial charge on any atom is -0.339 e. The van der Waals surface area contributed by atoms with Crippen molar-refractivity contribution in [2.45, 2.75) is 19.8 Å². The summed E-state index contributed by atoms with van der Waals surface area (Å²) in [4.78, 5) is 26.9. The lowest BCUT2D eigenvalue weighted by Crippen LogP contribution is -2.41. The second-order valence-electron chi connectivity index (χ2n) is 6.64. The Kier molecular flexibility index (Phi) is 6.30. The number of benzene rings is 2. The maximum absolute atomic E-state index is 12.7. The lowest BCUT2D eigenvalue weighted by Gasteiger charge is -2.31. The summed E-state index contributed by atoms with van der Waals surface area (Å²) in [5.74, 6) is -0.331. The molecule has 0 aromatic heterocycles. The van der Waals surface area contributed by atoms with Crippen LogP contribution in [0.1, 0.15) is 28.8 Å². The van der Waals surface area contributed by atoms with Crippen molar-refractivity contribution < 1.29 is 9.59 Å². The molecule has 1 aliphatic heterocycles. The number of aryl methyl sites for hydroxylation is 1. The Morgan fingerprint density at radius 2 is 1.70 bits per heavy atom. The lowest BCUT2D eigenvalue weighted by molar-refractivity contribution is -0.121. The van der Waals surface area contributed by atoms with E-state index in [1.165, 1.54) is 0 Å². The Labute approximate surface area is 173 Å². The number of amides is 2. The Morgan fingerprint density at radius 3 is 2.33 bits per heavy atom. The van der Waals surface area contributed by atoms with Gasteiger partial charge >= 0.3 is 0 Å². The third-order valence-corrected chi connectivity index (χ3v) is 5.71. The molecular formula is C20H19Cl3N2O2. The third-order valence-electron chi connectivity index (χ3n) is 4.75. The van der Waals surface area contributed by atoms with Gasteiger partial charge in [0.05, 0.1) is 10.6 Å². The number of anilines is 1. The van der Waals surface area contributed by atoms with Crippen molar-refractivity contribution in [3.05, 3.63) is 62.6 Å². The van der Waals surface area contributed by atoms with Gasteiger partial charge in [0, 0.05) is 34.7 Å². The van der Waals surface area contributed by atoms with E-state index in [0.29, 0.717) is 52.2 Å². The topological polar surface area (TPSA) is 49.4 Å².